The van der Waals surface area contributed by atoms with Crippen molar-refractivity contribution in [3.05, 3.63) is 57.6 Å². The average molecular weight is 475 g/mol. The monoisotopic (exact) mass is 474 g/mol. The maximum absolute atomic E-state index is 13.2. The Labute approximate surface area is 185 Å². The molecule has 1 saturated carbocycles. The summed E-state index contributed by atoms with van der Waals surface area (Å²) in [6, 6.07) is 11.1. The van der Waals surface area contributed by atoms with E-state index < -0.39 is 5.91 Å². The first-order valence-electron chi connectivity index (χ1n) is 10.2. The van der Waals surface area contributed by atoms with E-state index in [0.29, 0.717) is 36.8 Å². The number of hydrogen-bond acceptors (Lipinski definition) is 4. The number of carbonyl (C=O) groups is 2. The fraction of sp³-hybridized carbons (Fsp3) is 0.391. The number of carbonyl (C=O) groups excluding carboxylic acids is 2. The third-order valence-electron chi connectivity index (χ3n) is 4.95. The topological polar surface area (TPSA) is 81.9 Å². The highest BCUT2D eigenvalue weighted by Crippen LogP contribution is 2.35. The first kappa shape index (κ1) is 22.2. The molecule has 2 aromatic carbocycles. The summed E-state index contributed by atoms with van der Waals surface area (Å²) in [7, 11) is 0. The van der Waals surface area contributed by atoms with E-state index in [2.05, 4.69) is 15.9 Å². The molecule has 7 heteroatoms. The summed E-state index contributed by atoms with van der Waals surface area (Å²) in [6.45, 7) is 5.40. The van der Waals surface area contributed by atoms with E-state index in [4.69, 9.17) is 15.2 Å². The Morgan fingerprint density at radius 1 is 1.07 bits per heavy atom. The third kappa shape index (κ3) is 5.53. The number of nitrogens with zero attached hydrogens (tertiary/aromatic N) is 1. The smallest absolute Gasteiger partial charge is 0.248 e. The summed E-state index contributed by atoms with van der Waals surface area (Å²) < 4.78 is 12.2. The lowest BCUT2D eigenvalue weighted by Crippen LogP contribution is -2.34. The van der Waals surface area contributed by atoms with Crippen molar-refractivity contribution in [2.75, 3.05) is 13.2 Å². The first-order chi connectivity index (χ1) is 14.4. The number of amides is 2. The van der Waals surface area contributed by atoms with Gasteiger partial charge < -0.3 is 20.1 Å². The van der Waals surface area contributed by atoms with E-state index in [9.17, 15) is 9.59 Å². The van der Waals surface area contributed by atoms with E-state index in [0.717, 1.165) is 28.4 Å². The molecule has 1 aliphatic rings. The lowest BCUT2D eigenvalue weighted by molar-refractivity contribution is -0.131. The van der Waals surface area contributed by atoms with Gasteiger partial charge in [-0.2, -0.15) is 0 Å². The summed E-state index contributed by atoms with van der Waals surface area (Å²) in [5.41, 5.74) is 7.61. The van der Waals surface area contributed by atoms with Crippen LogP contribution in [0.25, 0.3) is 0 Å². The van der Waals surface area contributed by atoms with Crippen LogP contribution in [-0.2, 0) is 17.8 Å². The SMILES string of the molecule is CCOc1cc(Br)c(CC(=O)N(Cc2ccc(C(N)=O)cc2)C2CC2)cc1OCC. The highest BCUT2D eigenvalue weighted by atomic mass is 79.9. The van der Waals surface area contributed by atoms with Crippen LogP contribution in [0.15, 0.2) is 40.9 Å². The van der Waals surface area contributed by atoms with E-state index in [-0.39, 0.29) is 18.4 Å². The lowest BCUT2D eigenvalue weighted by atomic mass is 10.1. The average Bonchev–Trinajstić information content (AvgIpc) is 3.55. The summed E-state index contributed by atoms with van der Waals surface area (Å²) >= 11 is 3.57. The van der Waals surface area contributed by atoms with Crippen LogP contribution in [0.2, 0.25) is 0 Å². The molecule has 0 aromatic heterocycles. The number of halogens is 1. The van der Waals surface area contributed by atoms with Gasteiger partial charge in [0, 0.05) is 22.6 Å². The molecule has 2 amide bonds. The number of benzene rings is 2. The molecule has 0 saturated heterocycles. The largest absolute Gasteiger partial charge is 0.490 e. The predicted octanol–water partition coefficient (Wildman–Crippen LogP) is 4.08. The summed E-state index contributed by atoms with van der Waals surface area (Å²) in [6.07, 6.45) is 2.29. The van der Waals surface area contributed by atoms with Gasteiger partial charge in [0.05, 0.1) is 19.6 Å². The first-order valence-corrected chi connectivity index (χ1v) is 11.0. The molecule has 1 aliphatic carbocycles. The normalized spacial score (nSPS) is 13.0. The van der Waals surface area contributed by atoms with Gasteiger partial charge in [-0.3, -0.25) is 9.59 Å². The van der Waals surface area contributed by atoms with Crippen LogP contribution in [0, 0.1) is 0 Å². The second kappa shape index (κ2) is 9.98. The summed E-state index contributed by atoms with van der Waals surface area (Å²) in [5, 5.41) is 0. The molecule has 0 aliphatic heterocycles. The minimum atomic E-state index is -0.456. The fourth-order valence-electron chi connectivity index (χ4n) is 3.29. The molecule has 0 radical (unpaired) electrons. The minimum Gasteiger partial charge on any atom is -0.490 e. The molecular formula is C23H27BrN2O4. The van der Waals surface area contributed by atoms with Crippen LogP contribution in [0.5, 0.6) is 11.5 Å². The Hall–Kier alpha value is -2.54. The second-order valence-corrected chi connectivity index (χ2v) is 8.10. The molecule has 160 valence electrons. The molecule has 30 heavy (non-hydrogen) atoms. The van der Waals surface area contributed by atoms with Crippen molar-refractivity contribution in [1.29, 1.82) is 0 Å². The van der Waals surface area contributed by atoms with Gasteiger partial charge in [0.15, 0.2) is 11.5 Å². The number of primary amides is 1. The van der Waals surface area contributed by atoms with Gasteiger partial charge in [0.2, 0.25) is 11.8 Å². The maximum atomic E-state index is 13.2. The van der Waals surface area contributed by atoms with Crippen molar-refractivity contribution in [2.24, 2.45) is 5.73 Å². The van der Waals surface area contributed by atoms with Crippen molar-refractivity contribution in [1.82, 2.24) is 4.90 Å². The Kier molecular flexibility index (Phi) is 7.37. The number of rotatable bonds is 10. The Morgan fingerprint density at radius 2 is 1.67 bits per heavy atom. The van der Waals surface area contributed by atoms with Crippen LogP contribution in [-0.4, -0.2) is 36.0 Å². The molecule has 2 N–H and O–H groups in total. The minimum absolute atomic E-state index is 0.0591. The quantitative estimate of drug-likeness (QED) is 0.562. The Morgan fingerprint density at radius 3 is 2.20 bits per heavy atom. The molecule has 0 unspecified atom stereocenters. The fourth-order valence-corrected chi connectivity index (χ4v) is 3.75. The molecule has 2 aromatic rings. The van der Waals surface area contributed by atoms with Crippen LogP contribution < -0.4 is 15.2 Å². The van der Waals surface area contributed by atoms with E-state index in [1.165, 1.54) is 0 Å². The summed E-state index contributed by atoms with van der Waals surface area (Å²) in [4.78, 5) is 26.4. The number of hydrogen-bond donors (Lipinski definition) is 1. The van der Waals surface area contributed by atoms with Gasteiger partial charge in [-0.05, 0) is 62.1 Å². The predicted molar refractivity (Wildman–Crippen MR) is 119 cm³/mol. The van der Waals surface area contributed by atoms with Crippen LogP contribution in [0.4, 0.5) is 0 Å². The highest BCUT2D eigenvalue weighted by molar-refractivity contribution is 9.10. The van der Waals surface area contributed by atoms with Crippen LogP contribution >= 0.6 is 15.9 Å². The lowest BCUT2D eigenvalue weighted by Gasteiger charge is -2.23. The van der Waals surface area contributed by atoms with Crippen molar-refractivity contribution < 1.29 is 19.1 Å². The van der Waals surface area contributed by atoms with Gasteiger partial charge in [-0.15, -0.1) is 0 Å². The van der Waals surface area contributed by atoms with Crippen molar-refractivity contribution in [3.8, 4) is 11.5 Å². The molecule has 1 fully saturated rings. The molecular weight excluding hydrogens is 448 g/mol. The van der Waals surface area contributed by atoms with Crippen LogP contribution in [0.1, 0.15) is 48.2 Å². The molecule has 3 rings (SSSR count). The molecule has 0 heterocycles. The van der Waals surface area contributed by atoms with E-state index >= 15 is 0 Å². The van der Waals surface area contributed by atoms with Gasteiger partial charge >= 0.3 is 0 Å². The van der Waals surface area contributed by atoms with Crippen molar-refractivity contribution in [2.45, 2.75) is 45.7 Å². The zero-order chi connectivity index (χ0) is 21.7. The Balaban J connectivity index is 1.76. The van der Waals surface area contributed by atoms with Gasteiger partial charge in [0.25, 0.3) is 0 Å². The molecule has 0 spiro atoms. The highest BCUT2D eigenvalue weighted by Gasteiger charge is 2.32. The van der Waals surface area contributed by atoms with E-state index in [1.54, 1.807) is 12.1 Å². The van der Waals surface area contributed by atoms with Crippen molar-refractivity contribution >= 4 is 27.7 Å². The van der Waals surface area contributed by atoms with Gasteiger partial charge in [0.1, 0.15) is 0 Å². The standard InChI is InChI=1S/C23H27BrN2O4/c1-3-29-20-11-17(19(24)13-21(20)30-4-2)12-22(27)26(18-9-10-18)14-15-5-7-16(8-6-15)23(25)28/h5-8,11,13,18H,3-4,9-10,12,14H2,1-2H3,(H2,25,28). The van der Waals surface area contributed by atoms with Gasteiger partial charge in [-0.25, -0.2) is 0 Å². The zero-order valence-corrected chi connectivity index (χ0v) is 18.9. The second-order valence-electron chi connectivity index (χ2n) is 7.25. The number of ether oxygens (including phenoxy) is 2. The zero-order valence-electron chi connectivity index (χ0n) is 17.3. The molecule has 0 atom stereocenters. The van der Waals surface area contributed by atoms with Crippen LogP contribution in [0.3, 0.4) is 0 Å². The maximum Gasteiger partial charge on any atom is 0.248 e. The molecule has 0 bridgehead atoms. The molecule has 6 nitrogen and oxygen atoms in total. The van der Waals surface area contributed by atoms with E-state index in [1.807, 2.05) is 43.0 Å². The van der Waals surface area contributed by atoms with Gasteiger partial charge in [-0.1, -0.05) is 28.1 Å². The number of nitrogens with two attached hydrogens (primary N) is 1. The third-order valence-corrected chi connectivity index (χ3v) is 5.69. The van der Waals surface area contributed by atoms with Crippen molar-refractivity contribution in [3.63, 3.8) is 0 Å². The Bertz CT molecular complexity index is 910. The summed E-state index contributed by atoms with van der Waals surface area (Å²) in [5.74, 6) is 0.910.